The minimum Gasteiger partial charge on any atom is -0.469 e. The van der Waals surface area contributed by atoms with Crippen LogP contribution in [0.4, 0.5) is 0 Å². The first kappa shape index (κ1) is 26.7. The SMILES string of the molecule is CCC(CC)C(=O)N1CCC(NC(=NCCc2cccs2)NCCc2ccco2)CC1.I. The maximum absolute atomic E-state index is 12.7. The largest absolute Gasteiger partial charge is 0.469 e. The molecule has 6 nitrogen and oxygen atoms in total. The van der Waals surface area contributed by atoms with Gasteiger partial charge in [-0.1, -0.05) is 19.9 Å². The zero-order valence-electron chi connectivity index (χ0n) is 19.2. The first-order chi connectivity index (χ1) is 15.2. The van der Waals surface area contributed by atoms with Gasteiger partial charge >= 0.3 is 0 Å². The number of guanidine groups is 1. The van der Waals surface area contributed by atoms with Crippen LogP contribution in [0.2, 0.25) is 0 Å². The van der Waals surface area contributed by atoms with E-state index in [1.165, 1.54) is 4.88 Å². The van der Waals surface area contributed by atoms with Crippen molar-refractivity contribution in [3.8, 4) is 0 Å². The van der Waals surface area contributed by atoms with Gasteiger partial charge in [0.25, 0.3) is 0 Å². The minimum atomic E-state index is 0. The Morgan fingerprint density at radius 2 is 2.00 bits per heavy atom. The molecule has 2 aromatic rings. The van der Waals surface area contributed by atoms with Crippen LogP contribution >= 0.6 is 35.3 Å². The van der Waals surface area contributed by atoms with Crippen molar-refractivity contribution >= 4 is 47.2 Å². The lowest BCUT2D eigenvalue weighted by Crippen LogP contribution is -2.51. The molecule has 0 saturated carbocycles. The van der Waals surface area contributed by atoms with E-state index in [1.807, 2.05) is 17.0 Å². The van der Waals surface area contributed by atoms with Crippen LogP contribution in [0.25, 0.3) is 0 Å². The van der Waals surface area contributed by atoms with E-state index in [0.29, 0.717) is 11.9 Å². The molecular formula is C24H37IN4O2S. The van der Waals surface area contributed by atoms with Crippen LogP contribution in [-0.4, -0.2) is 49.0 Å². The van der Waals surface area contributed by atoms with E-state index in [2.05, 4.69) is 42.0 Å². The number of furan rings is 1. The van der Waals surface area contributed by atoms with Gasteiger partial charge in [-0.15, -0.1) is 35.3 Å². The van der Waals surface area contributed by atoms with Gasteiger partial charge in [0.15, 0.2) is 5.96 Å². The van der Waals surface area contributed by atoms with Gasteiger partial charge in [-0.3, -0.25) is 9.79 Å². The van der Waals surface area contributed by atoms with E-state index >= 15 is 0 Å². The Hall–Kier alpha value is -1.55. The van der Waals surface area contributed by atoms with Crippen LogP contribution < -0.4 is 10.6 Å². The second kappa shape index (κ2) is 14.6. The van der Waals surface area contributed by atoms with Crippen molar-refractivity contribution in [2.75, 3.05) is 26.2 Å². The maximum Gasteiger partial charge on any atom is 0.225 e. The summed E-state index contributed by atoms with van der Waals surface area (Å²) in [5.74, 6) is 2.32. The van der Waals surface area contributed by atoms with E-state index in [4.69, 9.17) is 9.41 Å². The summed E-state index contributed by atoms with van der Waals surface area (Å²) >= 11 is 1.78. The molecule has 3 heterocycles. The Balaban J connectivity index is 0.00000363. The first-order valence-electron chi connectivity index (χ1n) is 11.6. The number of aliphatic imine (C=N–C) groups is 1. The molecule has 1 fully saturated rings. The Kier molecular flexibility index (Phi) is 12.2. The molecule has 0 aromatic carbocycles. The molecular weight excluding hydrogens is 535 g/mol. The van der Waals surface area contributed by atoms with E-state index in [9.17, 15) is 4.79 Å². The number of carbonyl (C=O) groups excluding carboxylic acids is 1. The number of likely N-dealkylation sites (tertiary alicyclic amines) is 1. The average Bonchev–Trinajstić information content (AvgIpc) is 3.49. The molecule has 2 aromatic heterocycles. The number of rotatable bonds is 10. The summed E-state index contributed by atoms with van der Waals surface area (Å²) in [5.41, 5.74) is 0. The summed E-state index contributed by atoms with van der Waals surface area (Å²) in [6.07, 6.45) is 7.24. The summed E-state index contributed by atoms with van der Waals surface area (Å²) < 4.78 is 5.43. The summed E-state index contributed by atoms with van der Waals surface area (Å²) in [5, 5.41) is 9.17. The lowest BCUT2D eigenvalue weighted by molar-refractivity contribution is -0.136. The summed E-state index contributed by atoms with van der Waals surface area (Å²) in [6, 6.07) is 8.49. The number of nitrogens with one attached hydrogen (secondary N) is 2. The van der Waals surface area contributed by atoms with Crippen LogP contribution in [0.5, 0.6) is 0 Å². The van der Waals surface area contributed by atoms with E-state index < -0.39 is 0 Å². The highest BCUT2D eigenvalue weighted by molar-refractivity contribution is 14.0. The molecule has 3 rings (SSSR count). The quantitative estimate of drug-likeness (QED) is 0.246. The average molecular weight is 573 g/mol. The van der Waals surface area contributed by atoms with Gasteiger partial charge in [0.1, 0.15) is 5.76 Å². The zero-order valence-corrected chi connectivity index (χ0v) is 22.4. The molecule has 32 heavy (non-hydrogen) atoms. The number of hydrogen-bond donors (Lipinski definition) is 2. The lowest BCUT2D eigenvalue weighted by atomic mass is 9.98. The number of nitrogens with zero attached hydrogens (tertiary/aromatic N) is 2. The fourth-order valence-corrected chi connectivity index (χ4v) is 4.68. The molecule has 8 heteroatoms. The molecule has 0 atom stereocenters. The third-order valence-corrected chi connectivity index (χ3v) is 6.87. The molecule has 1 aliphatic rings. The van der Waals surface area contributed by atoms with Crippen molar-refractivity contribution in [1.29, 1.82) is 0 Å². The van der Waals surface area contributed by atoms with E-state index in [-0.39, 0.29) is 29.9 Å². The van der Waals surface area contributed by atoms with Crippen molar-refractivity contribution in [3.05, 3.63) is 46.5 Å². The molecule has 0 spiro atoms. The van der Waals surface area contributed by atoms with Gasteiger partial charge in [0.05, 0.1) is 6.26 Å². The minimum absolute atomic E-state index is 0. The predicted octanol–water partition coefficient (Wildman–Crippen LogP) is 4.71. The van der Waals surface area contributed by atoms with Gasteiger partial charge in [-0.2, -0.15) is 0 Å². The predicted molar refractivity (Wildman–Crippen MR) is 143 cm³/mol. The summed E-state index contributed by atoms with van der Waals surface area (Å²) in [7, 11) is 0. The normalized spacial score (nSPS) is 15.0. The van der Waals surface area contributed by atoms with Gasteiger partial charge < -0.3 is 20.0 Å². The standard InChI is InChI=1S/C24H36N4O2S.HI/c1-3-19(4-2)23(29)28-15-11-20(12-16-28)27-24(25-13-9-21-7-5-17-30-21)26-14-10-22-8-6-18-31-22;/h5-8,17-20H,3-4,9-16H2,1-2H3,(H2,25,26,27);1H. The fraction of sp³-hybridized carbons (Fsp3) is 0.583. The van der Waals surface area contributed by atoms with Gasteiger partial charge in [0.2, 0.25) is 5.91 Å². The third kappa shape index (κ3) is 8.42. The van der Waals surface area contributed by atoms with Crippen LogP contribution in [0.1, 0.15) is 50.2 Å². The molecule has 178 valence electrons. The Bertz CT molecular complexity index is 783. The molecule has 0 radical (unpaired) electrons. The second-order valence-corrected chi connectivity index (χ2v) is 9.11. The van der Waals surface area contributed by atoms with E-state index in [0.717, 1.165) is 76.4 Å². The van der Waals surface area contributed by atoms with Crippen LogP contribution in [-0.2, 0) is 17.6 Å². The Morgan fingerprint density at radius 3 is 2.62 bits per heavy atom. The smallest absolute Gasteiger partial charge is 0.225 e. The molecule has 2 N–H and O–H groups in total. The molecule has 1 aliphatic heterocycles. The molecule has 0 unspecified atom stereocenters. The zero-order chi connectivity index (χ0) is 21.9. The number of amides is 1. The number of thiophene rings is 1. The van der Waals surface area contributed by atoms with Gasteiger partial charge in [0, 0.05) is 55.9 Å². The van der Waals surface area contributed by atoms with Crippen molar-refractivity contribution in [2.24, 2.45) is 10.9 Å². The first-order valence-corrected chi connectivity index (χ1v) is 12.5. The number of piperidine rings is 1. The van der Waals surface area contributed by atoms with Gasteiger partial charge in [-0.05, 0) is 49.3 Å². The van der Waals surface area contributed by atoms with Gasteiger partial charge in [-0.25, -0.2) is 0 Å². The third-order valence-electron chi connectivity index (χ3n) is 5.93. The van der Waals surface area contributed by atoms with Crippen LogP contribution in [0, 0.1) is 5.92 Å². The Labute approximate surface area is 213 Å². The fourth-order valence-electron chi connectivity index (χ4n) is 3.98. The van der Waals surface area contributed by atoms with Crippen LogP contribution in [0.15, 0.2) is 45.3 Å². The number of hydrogen-bond acceptors (Lipinski definition) is 4. The Morgan fingerprint density at radius 1 is 1.22 bits per heavy atom. The van der Waals surface area contributed by atoms with E-state index in [1.54, 1.807) is 17.6 Å². The topological polar surface area (TPSA) is 69.9 Å². The number of halogens is 1. The lowest BCUT2D eigenvalue weighted by Gasteiger charge is -2.35. The monoisotopic (exact) mass is 572 g/mol. The molecule has 0 aliphatic carbocycles. The highest BCUT2D eigenvalue weighted by atomic mass is 127. The summed E-state index contributed by atoms with van der Waals surface area (Å²) in [6.45, 7) is 7.37. The van der Waals surface area contributed by atoms with Crippen molar-refractivity contribution < 1.29 is 9.21 Å². The highest BCUT2D eigenvalue weighted by Crippen LogP contribution is 2.17. The van der Waals surface area contributed by atoms with Crippen molar-refractivity contribution in [1.82, 2.24) is 15.5 Å². The second-order valence-electron chi connectivity index (χ2n) is 8.07. The van der Waals surface area contributed by atoms with Crippen molar-refractivity contribution in [2.45, 2.75) is 58.4 Å². The highest BCUT2D eigenvalue weighted by Gasteiger charge is 2.26. The summed E-state index contributed by atoms with van der Waals surface area (Å²) in [4.78, 5) is 20.9. The molecule has 1 amide bonds. The van der Waals surface area contributed by atoms with Crippen molar-refractivity contribution in [3.63, 3.8) is 0 Å². The maximum atomic E-state index is 12.7. The van der Waals surface area contributed by atoms with Crippen LogP contribution in [0.3, 0.4) is 0 Å². The number of carbonyl (C=O) groups is 1. The molecule has 0 bridgehead atoms. The molecule has 1 saturated heterocycles.